The number of nitrogens with zero attached hydrogens (tertiary/aromatic N) is 7. The van der Waals surface area contributed by atoms with E-state index in [1.165, 1.54) is 11.1 Å². The van der Waals surface area contributed by atoms with Gasteiger partial charge < -0.3 is 35.8 Å². The molecule has 1 saturated carbocycles. The van der Waals surface area contributed by atoms with Gasteiger partial charge in [0.1, 0.15) is 29.5 Å². The Morgan fingerprint density at radius 1 is 0.940 bits per heavy atom. The van der Waals surface area contributed by atoms with Gasteiger partial charge in [0.25, 0.3) is 5.92 Å². The van der Waals surface area contributed by atoms with Crippen molar-refractivity contribution in [3.8, 4) is 16.5 Å². The van der Waals surface area contributed by atoms with Crippen LogP contribution >= 0.6 is 11.3 Å². The van der Waals surface area contributed by atoms with Crippen molar-refractivity contribution in [1.29, 1.82) is 5.26 Å². The summed E-state index contributed by atoms with van der Waals surface area (Å²) in [5, 5.41) is 29.3. The van der Waals surface area contributed by atoms with Gasteiger partial charge in [-0.05, 0) is 91.8 Å². The largest absolute Gasteiger partial charge is 0.391 e. The van der Waals surface area contributed by atoms with E-state index in [-0.39, 0.29) is 43.8 Å². The van der Waals surface area contributed by atoms with Gasteiger partial charge in [-0.15, -0.1) is 11.3 Å². The number of likely N-dealkylation sites (tertiary alicyclic amines) is 2. The quantitative estimate of drug-likeness (QED) is 0.122. The highest BCUT2D eigenvalue weighted by Crippen LogP contribution is 2.40. The first kappa shape index (κ1) is 47.4. The van der Waals surface area contributed by atoms with E-state index in [1.54, 1.807) is 38.8 Å². The first-order chi connectivity index (χ1) is 31.9. The number of β-amino-alcohol motifs (C(OH)–C–C–N with tert-alkyl or cyclic N) is 1. The number of rotatable bonds is 12. The predicted octanol–water partition coefficient (Wildman–Crippen LogP) is 6.47. The van der Waals surface area contributed by atoms with Crippen LogP contribution in [-0.2, 0) is 19.2 Å². The lowest BCUT2D eigenvalue weighted by Crippen LogP contribution is -2.60. The van der Waals surface area contributed by atoms with E-state index in [2.05, 4.69) is 37.0 Å². The second-order valence-electron chi connectivity index (χ2n) is 19.6. The highest BCUT2D eigenvalue weighted by Gasteiger charge is 2.48. The molecule has 4 N–H and O–H groups in total. The Kier molecular flexibility index (Phi) is 13.6. The van der Waals surface area contributed by atoms with E-state index in [0.29, 0.717) is 61.8 Å². The third-order valence-electron chi connectivity index (χ3n) is 13.7. The number of aliphatic hydroxyl groups is 1. The summed E-state index contributed by atoms with van der Waals surface area (Å²) in [6.07, 6.45) is 2.59. The number of pyridine rings is 2. The highest BCUT2D eigenvalue weighted by atomic mass is 32.1. The van der Waals surface area contributed by atoms with Gasteiger partial charge in [-0.2, -0.15) is 5.26 Å². The van der Waals surface area contributed by atoms with Crippen molar-refractivity contribution in [3.63, 3.8) is 0 Å². The molecule has 3 aliphatic heterocycles. The number of nitrogens with one attached hydrogen (secondary N) is 3. The summed E-state index contributed by atoms with van der Waals surface area (Å²) in [4.78, 5) is 75.4. The number of thiazole rings is 1. The third kappa shape index (κ3) is 10.6. The molecule has 4 aliphatic rings. The van der Waals surface area contributed by atoms with E-state index in [9.17, 15) is 38.3 Å². The monoisotopic (exact) mass is 936 g/mol. The molecule has 3 aromatic heterocycles. The fourth-order valence-corrected chi connectivity index (χ4v) is 10.5. The van der Waals surface area contributed by atoms with Crippen LogP contribution in [0.2, 0.25) is 0 Å². The van der Waals surface area contributed by atoms with Crippen LogP contribution in [0, 0.1) is 35.5 Å². The molecular weight excluding hydrogens is 879 g/mol. The molecule has 0 spiro atoms. The zero-order valence-electron chi connectivity index (χ0n) is 38.5. The van der Waals surface area contributed by atoms with Crippen molar-refractivity contribution < 1.29 is 33.1 Å². The summed E-state index contributed by atoms with van der Waals surface area (Å²) in [6, 6.07) is 14.5. The summed E-state index contributed by atoms with van der Waals surface area (Å²) in [5.41, 5.74) is 5.18. The molecule has 354 valence electrons. The third-order valence-corrected chi connectivity index (χ3v) is 14.7. The molecule has 1 aromatic carbocycles. The molecule has 18 heteroatoms. The number of aliphatic hydroxyl groups excluding tert-OH is 1. The number of halogens is 2. The number of benzene rings is 1. The van der Waals surface area contributed by atoms with E-state index >= 15 is 0 Å². The number of piperidine rings is 1. The van der Waals surface area contributed by atoms with Crippen LogP contribution in [0.3, 0.4) is 0 Å². The zero-order chi connectivity index (χ0) is 47.8. The van der Waals surface area contributed by atoms with Crippen LogP contribution in [0.1, 0.15) is 101 Å². The van der Waals surface area contributed by atoms with Crippen LogP contribution in [0.25, 0.3) is 10.4 Å². The van der Waals surface area contributed by atoms with E-state index < -0.39 is 65.6 Å². The van der Waals surface area contributed by atoms with Crippen LogP contribution in [0.5, 0.6) is 0 Å². The smallest absolute Gasteiger partial charge is 0.266 e. The second-order valence-corrected chi connectivity index (χ2v) is 20.4. The second kappa shape index (κ2) is 19.3. The van der Waals surface area contributed by atoms with Crippen molar-refractivity contribution >= 4 is 52.4 Å². The number of carbonyl (C=O) groups is 4. The molecule has 0 unspecified atom stereocenters. The lowest BCUT2D eigenvalue weighted by Gasteiger charge is -2.42. The summed E-state index contributed by atoms with van der Waals surface area (Å²) in [5.74, 6) is -4.19. The maximum Gasteiger partial charge on any atom is 0.266 e. The topological polar surface area (TPSA) is 197 Å². The number of nitriles is 1. The van der Waals surface area contributed by atoms with Crippen molar-refractivity contribution in [3.05, 3.63) is 82.6 Å². The van der Waals surface area contributed by atoms with E-state index in [0.717, 1.165) is 27.3 Å². The van der Waals surface area contributed by atoms with Gasteiger partial charge in [0.2, 0.25) is 23.6 Å². The molecule has 3 saturated heterocycles. The average molecular weight is 937 g/mol. The number of hydrogen-bond acceptors (Lipinski definition) is 12. The minimum absolute atomic E-state index is 0.00410. The Morgan fingerprint density at radius 3 is 2.30 bits per heavy atom. The minimum atomic E-state index is -2.83. The molecule has 4 amide bonds. The van der Waals surface area contributed by atoms with Gasteiger partial charge in [0, 0.05) is 57.1 Å². The normalized spacial score (nSPS) is 22.6. The zero-order valence-corrected chi connectivity index (χ0v) is 39.3. The Balaban J connectivity index is 0.889. The Morgan fingerprint density at radius 2 is 1.67 bits per heavy atom. The van der Waals surface area contributed by atoms with Gasteiger partial charge in [-0.1, -0.05) is 45.0 Å². The Hall–Kier alpha value is -6.06. The highest BCUT2D eigenvalue weighted by molar-refractivity contribution is 7.13. The summed E-state index contributed by atoms with van der Waals surface area (Å²) in [6.45, 7) is 9.84. The van der Waals surface area contributed by atoms with Gasteiger partial charge in [0.05, 0.1) is 46.4 Å². The molecular formula is C49H58F2N10O5S. The standard InChI is InChI=1S/C49H58F2N10O5S/c1-28(31-6-8-33(9-7-31)42-29(2)54-27-67-42)55-45(64)38-23-35(62)25-61(38)47(66)43(48(3,4)5)58-44(63)36-10-11-37(36)46(65)59-17-13-32(14-18-59)34-21-40(56-39-20-30(24-52)12-16-53-39)57-41(22-34)60-19-15-49(50,51)26-60/h6-9,12,16,20-22,27-28,32,35-38,43,62H,10-11,13-15,17-19,23,25-26H2,1-5H3,(H,55,64)(H,58,63)(H,53,56,57)/t28-,35+,36-,37+,38-,43+/m0/s1. The number of aryl methyl sites for hydroxylation is 1. The molecule has 0 bridgehead atoms. The van der Waals surface area contributed by atoms with Gasteiger partial charge >= 0.3 is 0 Å². The molecule has 8 rings (SSSR count). The maximum absolute atomic E-state index is 14.4. The maximum atomic E-state index is 14.4. The van der Waals surface area contributed by atoms with Crippen LogP contribution < -0.4 is 20.9 Å². The Bertz CT molecular complexity index is 2540. The molecule has 67 heavy (non-hydrogen) atoms. The van der Waals surface area contributed by atoms with Crippen LogP contribution in [0.4, 0.5) is 26.2 Å². The molecule has 4 fully saturated rings. The lowest BCUT2D eigenvalue weighted by atomic mass is 9.71. The van der Waals surface area contributed by atoms with E-state index in [1.807, 2.05) is 71.0 Å². The molecule has 1 aliphatic carbocycles. The van der Waals surface area contributed by atoms with E-state index in [4.69, 9.17) is 0 Å². The Labute approximate surface area is 393 Å². The van der Waals surface area contributed by atoms with Crippen LogP contribution in [0.15, 0.2) is 60.2 Å². The number of anilines is 3. The molecule has 0 radical (unpaired) electrons. The SMILES string of the molecule is Cc1ncsc1-c1ccc([C@H](C)NC(=O)[C@@H]2C[C@@H](O)CN2C(=O)[C@@H](NC(=O)[C@H]2CC[C@H]2C(=O)N2CCC(c3cc(Nc4cc(C#N)ccn4)nc(N4CCC(F)(F)C4)c3)CC2)C(C)(C)C)cc1. The van der Waals surface area contributed by atoms with Gasteiger partial charge in [0.15, 0.2) is 0 Å². The first-order valence-corrected chi connectivity index (χ1v) is 23.9. The number of amides is 4. The summed E-state index contributed by atoms with van der Waals surface area (Å²) in [7, 11) is 0. The predicted molar refractivity (Wildman–Crippen MR) is 249 cm³/mol. The summed E-state index contributed by atoms with van der Waals surface area (Å²) >= 11 is 1.56. The minimum Gasteiger partial charge on any atom is -0.391 e. The van der Waals surface area contributed by atoms with Crippen molar-refractivity contribution in [1.82, 2.24) is 35.4 Å². The lowest BCUT2D eigenvalue weighted by molar-refractivity contribution is -0.151. The van der Waals surface area contributed by atoms with Gasteiger partial charge in [-0.3, -0.25) is 19.2 Å². The first-order valence-electron chi connectivity index (χ1n) is 23.0. The van der Waals surface area contributed by atoms with Gasteiger partial charge in [-0.25, -0.2) is 23.7 Å². The molecule has 4 aromatic rings. The molecule has 15 nitrogen and oxygen atoms in total. The van der Waals surface area contributed by atoms with Crippen molar-refractivity contribution in [2.24, 2.45) is 17.3 Å². The number of hydrogen-bond donors (Lipinski definition) is 4. The number of carbonyl (C=O) groups excluding carboxylic acids is 4. The fraction of sp³-hybridized carbons (Fsp3) is 0.510. The number of alkyl halides is 2. The molecule has 6 heterocycles. The number of aromatic nitrogens is 3. The molecule has 6 atom stereocenters. The van der Waals surface area contributed by atoms with Crippen molar-refractivity contribution in [2.75, 3.05) is 42.9 Å². The van der Waals surface area contributed by atoms with Crippen LogP contribution in [-0.4, -0.2) is 110 Å². The summed E-state index contributed by atoms with van der Waals surface area (Å²) < 4.78 is 28.6. The van der Waals surface area contributed by atoms with Crippen molar-refractivity contribution in [2.45, 2.75) is 109 Å². The average Bonchev–Trinajstić information content (AvgIpc) is 4.01. The fourth-order valence-electron chi connectivity index (χ4n) is 9.67.